The van der Waals surface area contributed by atoms with E-state index in [0.717, 1.165) is 63.8 Å². The molecule has 0 radical (unpaired) electrons. The van der Waals surface area contributed by atoms with Crippen molar-refractivity contribution in [3.8, 4) is 0 Å². The first-order valence-electron chi connectivity index (χ1n) is 16.8. The van der Waals surface area contributed by atoms with Crippen molar-refractivity contribution in [3.05, 3.63) is 0 Å². The Morgan fingerprint density at radius 1 is 0.878 bits per heavy atom. The van der Waals surface area contributed by atoms with Gasteiger partial charge in [0.25, 0.3) is 0 Å². The number of rotatable bonds is 16. The number of carbonyl (C=O) groups is 2. The SMILES string of the molecule is COC1CC(CC[C@H](C[C@H](CCCCCCC2CCCCC2)OC(C)=O)OC(C)=O)C(C2CCNC(N)C2)CC1O. The third-order valence-corrected chi connectivity index (χ3v) is 10.1. The van der Waals surface area contributed by atoms with Gasteiger partial charge >= 0.3 is 11.9 Å². The molecule has 3 rings (SSSR count). The molecule has 6 unspecified atom stereocenters. The molecule has 0 amide bonds. The largest absolute Gasteiger partial charge is 0.462 e. The summed E-state index contributed by atoms with van der Waals surface area (Å²) in [5.74, 6) is 1.53. The summed E-state index contributed by atoms with van der Waals surface area (Å²) in [6.07, 6.45) is 18.3. The number of esters is 2. The average molecular weight is 581 g/mol. The Morgan fingerprint density at radius 2 is 1.56 bits per heavy atom. The Morgan fingerprint density at radius 3 is 2.22 bits per heavy atom. The van der Waals surface area contributed by atoms with E-state index in [1.807, 2.05) is 0 Å². The maximum Gasteiger partial charge on any atom is 0.302 e. The summed E-state index contributed by atoms with van der Waals surface area (Å²) < 4.78 is 17.2. The van der Waals surface area contributed by atoms with Crippen molar-refractivity contribution >= 4 is 11.9 Å². The van der Waals surface area contributed by atoms with Gasteiger partial charge in [0, 0.05) is 27.4 Å². The maximum absolute atomic E-state index is 12.1. The molecule has 3 aliphatic rings. The zero-order valence-corrected chi connectivity index (χ0v) is 26.2. The summed E-state index contributed by atoms with van der Waals surface area (Å²) in [7, 11) is 1.67. The Kier molecular flexibility index (Phi) is 15.4. The number of unbranched alkanes of at least 4 members (excludes halogenated alkanes) is 3. The molecule has 8 nitrogen and oxygen atoms in total. The monoisotopic (exact) mass is 580 g/mol. The minimum atomic E-state index is -0.465. The third-order valence-electron chi connectivity index (χ3n) is 10.1. The fourth-order valence-electron chi connectivity index (χ4n) is 8.03. The van der Waals surface area contributed by atoms with Crippen LogP contribution >= 0.6 is 0 Å². The molecule has 8 atom stereocenters. The van der Waals surface area contributed by atoms with Crippen LogP contribution in [0.5, 0.6) is 0 Å². The van der Waals surface area contributed by atoms with E-state index < -0.39 is 6.10 Å². The van der Waals surface area contributed by atoms with Crippen molar-refractivity contribution in [2.75, 3.05) is 13.7 Å². The first kappa shape index (κ1) is 34.3. The van der Waals surface area contributed by atoms with Crippen molar-refractivity contribution in [1.29, 1.82) is 0 Å². The second-order valence-corrected chi connectivity index (χ2v) is 13.4. The normalized spacial score (nSPS) is 30.9. The van der Waals surface area contributed by atoms with E-state index in [9.17, 15) is 14.7 Å². The van der Waals surface area contributed by atoms with Crippen LogP contribution in [0.15, 0.2) is 0 Å². The van der Waals surface area contributed by atoms with Crippen LogP contribution in [0.1, 0.15) is 129 Å². The summed E-state index contributed by atoms with van der Waals surface area (Å²) in [5, 5.41) is 14.1. The molecule has 4 N–H and O–H groups in total. The highest BCUT2D eigenvalue weighted by atomic mass is 16.6. The molecule has 238 valence electrons. The van der Waals surface area contributed by atoms with E-state index in [2.05, 4.69) is 5.32 Å². The van der Waals surface area contributed by atoms with Crippen LogP contribution < -0.4 is 11.1 Å². The van der Waals surface area contributed by atoms with Crippen LogP contribution in [0.25, 0.3) is 0 Å². The predicted octanol–water partition coefficient (Wildman–Crippen LogP) is 5.63. The summed E-state index contributed by atoms with van der Waals surface area (Å²) in [6, 6.07) is 0. The quantitative estimate of drug-likeness (QED) is 0.159. The number of aliphatic hydroxyl groups excluding tert-OH is 1. The smallest absolute Gasteiger partial charge is 0.302 e. The van der Waals surface area contributed by atoms with Gasteiger partial charge in [0.05, 0.1) is 18.4 Å². The second kappa shape index (κ2) is 18.4. The van der Waals surface area contributed by atoms with Gasteiger partial charge in [-0.15, -0.1) is 0 Å². The lowest BCUT2D eigenvalue weighted by atomic mass is 9.66. The fourth-order valence-corrected chi connectivity index (χ4v) is 8.03. The number of ether oxygens (including phenoxy) is 3. The molecule has 0 aromatic heterocycles. The molecule has 0 aromatic rings. The molecule has 3 fully saturated rings. The van der Waals surface area contributed by atoms with Crippen LogP contribution in [-0.4, -0.2) is 61.3 Å². The van der Waals surface area contributed by atoms with E-state index in [0.29, 0.717) is 30.6 Å². The summed E-state index contributed by atoms with van der Waals surface area (Å²) in [6.45, 7) is 3.82. The van der Waals surface area contributed by atoms with Gasteiger partial charge in [-0.25, -0.2) is 0 Å². The lowest BCUT2D eigenvalue weighted by molar-refractivity contribution is -0.153. The average Bonchev–Trinajstić information content (AvgIpc) is 2.93. The molecular weight excluding hydrogens is 520 g/mol. The Hall–Kier alpha value is -1.22. The molecular formula is C33H60N2O6. The highest BCUT2D eigenvalue weighted by molar-refractivity contribution is 5.66. The predicted molar refractivity (Wildman–Crippen MR) is 161 cm³/mol. The van der Waals surface area contributed by atoms with Crippen LogP contribution in [0.4, 0.5) is 0 Å². The summed E-state index contributed by atoms with van der Waals surface area (Å²) in [4.78, 5) is 24.0. The molecule has 1 heterocycles. The van der Waals surface area contributed by atoms with Crippen molar-refractivity contribution in [3.63, 3.8) is 0 Å². The molecule has 1 saturated heterocycles. The Labute approximate surface area is 249 Å². The highest BCUT2D eigenvalue weighted by Gasteiger charge is 2.41. The number of aliphatic hydroxyl groups is 1. The minimum Gasteiger partial charge on any atom is -0.462 e. The molecule has 0 bridgehead atoms. The van der Waals surface area contributed by atoms with Crippen molar-refractivity contribution in [2.45, 2.75) is 160 Å². The molecule has 41 heavy (non-hydrogen) atoms. The number of hydrogen-bond acceptors (Lipinski definition) is 8. The Balaban J connectivity index is 1.53. The van der Waals surface area contributed by atoms with Gasteiger partial charge in [-0.05, 0) is 81.6 Å². The first-order chi connectivity index (χ1) is 19.7. The van der Waals surface area contributed by atoms with Gasteiger partial charge in [0.15, 0.2) is 0 Å². The highest BCUT2D eigenvalue weighted by Crippen LogP contribution is 2.43. The van der Waals surface area contributed by atoms with Crippen LogP contribution in [0.3, 0.4) is 0 Å². The third kappa shape index (κ3) is 12.5. The second-order valence-electron chi connectivity index (χ2n) is 13.4. The number of piperidine rings is 1. The summed E-state index contributed by atoms with van der Waals surface area (Å²) in [5.41, 5.74) is 6.24. The van der Waals surface area contributed by atoms with Crippen molar-refractivity contribution in [1.82, 2.24) is 5.32 Å². The fraction of sp³-hybridized carbons (Fsp3) is 0.939. The standard InChI is InChI=1S/C33H60N2O6/c1-23(36)40-28(14-10-5-4-7-11-25-12-8-6-9-13-25)21-29(41-24(2)37)16-15-26-19-32(39-3)31(38)22-30(26)27-17-18-35-33(34)20-27/h25-33,35,38H,4-22,34H2,1-3H3/t26?,27?,28-,29+,30?,31?,32?,33?/m0/s1. The van der Waals surface area contributed by atoms with E-state index in [1.54, 1.807) is 7.11 Å². The molecule has 2 aliphatic carbocycles. The lowest BCUT2D eigenvalue weighted by Gasteiger charge is -2.45. The van der Waals surface area contributed by atoms with Crippen LogP contribution in [-0.2, 0) is 23.8 Å². The maximum atomic E-state index is 12.1. The van der Waals surface area contributed by atoms with Gasteiger partial charge in [0.2, 0.25) is 0 Å². The molecule has 0 spiro atoms. The number of nitrogens with one attached hydrogen (secondary N) is 1. The van der Waals surface area contributed by atoms with E-state index in [4.69, 9.17) is 19.9 Å². The molecule has 8 heteroatoms. The number of hydrogen-bond donors (Lipinski definition) is 3. The van der Waals surface area contributed by atoms with E-state index in [-0.39, 0.29) is 36.4 Å². The van der Waals surface area contributed by atoms with Gasteiger partial charge in [-0.3, -0.25) is 9.59 Å². The zero-order valence-electron chi connectivity index (χ0n) is 26.2. The summed E-state index contributed by atoms with van der Waals surface area (Å²) >= 11 is 0. The van der Waals surface area contributed by atoms with Gasteiger partial charge in [0.1, 0.15) is 12.2 Å². The minimum absolute atomic E-state index is 0.00256. The lowest BCUT2D eigenvalue weighted by Crippen LogP contribution is -2.49. The molecule has 2 saturated carbocycles. The first-order valence-corrected chi connectivity index (χ1v) is 16.8. The van der Waals surface area contributed by atoms with Crippen molar-refractivity contribution < 1.29 is 28.9 Å². The topological polar surface area (TPSA) is 120 Å². The van der Waals surface area contributed by atoms with Gasteiger partial charge in [-0.2, -0.15) is 0 Å². The number of nitrogens with two attached hydrogens (primary N) is 1. The number of carbonyl (C=O) groups excluding carboxylic acids is 2. The molecule has 1 aliphatic heterocycles. The Bertz CT molecular complexity index is 760. The van der Waals surface area contributed by atoms with Crippen LogP contribution in [0.2, 0.25) is 0 Å². The zero-order chi connectivity index (χ0) is 29.6. The van der Waals surface area contributed by atoms with Crippen molar-refractivity contribution in [2.24, 2.45) is 29.4 Å². The van der Waals surface area contributed by atoms with E-state index in [1.165, 1.54) is 65.2 Å². The van der Waals surface area contributed by atoms with Crippen LogP contribution in [0, 0.1) is 23.7 Å². The van der Waals surface area contributed by atoms with E-state index >= 15 is 0 Å². The number of methoxy groups -OCH3 is 1. The van der Waals surface area contributed by atoms with Gasteiger partial charge < -0.3 is 30.4 Å². The molecule has 0 aromatic carbocycles. The van der Waals surface area contributed by atoms with Gasteiger partial charge in [-0.1, -0.05) is 57.8 Å².